The van der Waals surface area contributed by atoms with E-state index in [2.05, 4.69) is 15.5 Å². The number of nitrogens with two attached hydrogens (primary N) is 1. The summed E-state index contributed by atoms with van der Waals surface area (Å²) in [6.07, 6.45) is 5.61. The van der Waals surface area contributed by atoms with Crippen LogP contribution in [0.2, 0.25) is 0 Å². The molecule has 0 aromatic heterocycles. The lowest BCUT2D eigenvalue weighted by molar-refractivity contribution is -0.736. The predicted octanol–water partition coefficient (Wildman–Crippen LogP) is -8.17. The topological polar surface area (TPSA) is 84.1 Å². The van der Waals surface area contributed by atoms with Crippen LogP contribution in [-0.4, -0.2) is 37.8 Å². The van der Waals surface area contributed by atoms with Crippen molar-refractivity contribution in [3.63, 3.8) is 0 Å². The van der Waals surface area contributed by atoms with Gasteiger partial charge in [-0.2, -0.15) is 0 Å². The SMILES string of the molecule is O=C1C[NH2+]C(c2ccc(OCC[NH+]3C=CN=C3)cc2)=NN1.[Cl-].[Cl-]. The largest absolute Gasteiger partial charge is 1.00 e. The highest BCUT2D eigenvalue weighted by Crippen LogP contribution is 2.11. The van der Waals surface area contributed by atoms with E-state index < -0.39 is 0 Å². The summed E-state index contributed by atoms with van der Waals surface area (Å²) in [6, 6.07) is 7.69. The van der Waals surface area contributed by atoms with E-state index in [0.717, 1.165) is 23.7 Å². The van der Waals surface area contributed by atoms with Crippen molar-refractivity contribution in [1.82, 2.24) is 5.43 Å². The number of hydrazone groups is 1. The number of amides is 1. The van der Waals surface area contributed by atoms with Gasteiger partial charge in [0, 0.05) is 0 Å². The molecular weight excluding hydrogens is 341 g/mol. The van der Waals surface area contributed by atoms with Gasteiger partial charge in [-0.25, -0.2) is 10.4 Å². The van der Waals surface area contributed by atoms with E-state index in [1.165, 1.54) is 4.90 Å². The predicted molar refractivity (Wildman–Crippen MR) is 76.9 cm³/mol. The van der Waals surface area contributed by atoms with Crippen LogP contribution in [0.25, 0.3) is 0 Å². The maximum Gasteiger partial charge on any atom is 0.295 e. The standard InChI is InChI=1S/C14H15N5O2.2ClH/c20-13-9-16-14(18-17-13)11-1-3-12(4-2-11)21-8-7-19-6-5-15-10-19;;/h1-6,10H,7-9H2,(H,16,18)(H,17,20);2*1H. The summed E-state index contributed by atoms with van der Waals surface area (Å²) in [5.74, 6) is 1.52. The van der Waals surface area contributed by atoms with Crippen LogP contribution < -0.4 is 45.2 Å². The minimum absolute atomic E-state index is 0. The van der Waals surface area contributed by atoms with Crippen LogP contribution in [0, 0.1) is 0 Å². The van der Waals surface area contributed by atoms with Gasteiger partial charge in [0.2, 0.25) is 5.84 Å². The molecule has 1 aromatic rings. The van der Waals surface area contributed by atoms with Gasteiger partial charge in [0.05, 0.1) is 11.8 Å². The molecule has 0 spiro atoms. The van der Waals surface area contributed by atoms with E-state index in [1.807, 2.05) is 42.1 Å². The van der Waals surface area contributed by atoms with Gasteiger partial charge in [0.15, 0.2) is 12.9 Å². The first-order chi connectivity index (χ1) is 10.3. The van der Waals surface area contributed by atoms with Crippen molar-refractivity contribution in [3.8, 4) is 5.75 Å². The number of carbonyl (C=O) groups excluding carboxylic acids is 1. The van der Waals surface area contributed by atoms with Gasteiger partial charge in [0.25, 0.3) is 5.91 Å². The number of quaternary nitrogens is 2. The maximum absolute atomic E-state index is 11.0. The molecule has 0 saturated carbocycles. The first-order valence-corrected chi connectivity index (χ1v) is 6.80. The molecule has 2 aliphatic heterocycles. The molecule has 2 aliphatic rings. The zero-order valence-electron chi connectivity index (χ0n) is 12.2. The first kappa shape index (κ1) is 19.1. The summed E-state index contributed by atoms with van der Waals surface area (Å²) in [5.41, 5.74) is 3.44. The molecule has 0 radical (unpaired) electrons. The number of halogens is 2. The molecule has 0 aliphatic carbocycles. The summed E-state index contributed by atoms with van der Waals surface area (Å²) >= 11 is 0. The number of amidine groups is 1. The Morgan fingerprint density at radius 2 is 2.04 bits per heavy atom. The molecule has 0 fully saturated rings. The van der Waals surface area contributed by atoms with Gasteiger partial charge in [-0.15, -0.1) is 5.10 Å². The van der Waals surface area contributed by atoms with Crippen molar-refractivity contribution in [2.45, 2.75) is 0 Å². The lowest BCUT2D eigenvalue weighted by Crippen LogP contribution is -3.06. The van der Waals surface area contributed by atoms with Gasteiger partial charge < -0.3 is 29.6 Å². The van der Waals surface area contributed by atoms with Crippen molar-refractivity contribution in [1.29, 1.82) is 0 Å². The second kappa shape index (κ2) is 9.26. The molecule has 2 heterocycles. The molecule has 0 bridgehead atoms. The Morgan fingerprint density at radius 1 is 1.26 bits per heavy atom. The van der Waals surface area contributed by atoms with Crippen LogP contribution in [0.4, 0.5) is 0 Å². The molecule has 3 rings (SSSR count). The monoisotopic (exact) mass is 357 g/mol. The van der Waals surface area contributed by atoms with Crippen molar-refractivity contribution >= 4 is 18.1 Å². The molecular formula is C14H17Cl2N5O2. The minimum Gasteiger partial charge on any atom is -1.00 e. The minimum atomic E-state index is -0.0827. The zero-order chi connectivity index (χ0) is 14.5. The Labute approximate surface area is 146 Å². The number of ether oxygens (including phenoxy) is 1. The van der Waals surface area contributed by atoms with Crippen molar-refractivity contribution in [2.24, 2.45) is 10.1 Å². The van der Waals surface area contributed by atoms with Crippen molar-refractivity contribution < 1.29 is 44.6 Å². The lowest BCUT2D eigenvalue weighted by Gasteiger charge is -2.11. The molecule has 124 valence electrons. The van der Waals surface area contributed by atoms with E-state index in [9.17, 15) is 4.79 Å². The van der Waals surface area contributed by atoms with Gasteiger partial charge in [-0.3, -0.25) is 15.0 Å². The summed E-state index contributed by atoms with van der Waals surface area (Å²) in [4.78, 5) is 16.2. The number of carbonyl (C=O) groups is 1. The molecule has 1 unspecified atom stereocenters. The van der Waals surface area contributed by atoms with Gasteiger partial charge in [-0.1, -0.05) is 0 Å². The van der Waals surface area contributed by atoms with Crippen molar-refractivity contribution in [2.75, 3.05) is 19.7 Å². The number of benzene rings is 1. The second-order valence-electron chi connectivity index (χ2n) is 4.73. The highest BCUT2D eigenvalue weighted by Gasteiger charge is 2.16. The highest BCUT2D eigenvalue weighted by atomic mass is 35.5. The van der Waals surface area contributed by atoms with E-state index in [0.29, 0.717) is 13.2 Å². The Morgan fingerprint density at radius 3 is 2.65 bits per heavy atom. The smallest absolute Gasteiger partial charge is 0.295 e. The third kappa shape index (κ3) is 5.33. The van der Waals surface area contributed by atoms with Gasteiger partial charge in [0.1, 0.15) is 25.1 Å². The first-order valence-electron chi connectivity index (χ1n) is 6.80. The fourth-order valence-electron chi connectivity index (χ4n) is 2.06. The average Bonchev–Trinajstić information content (AvgIpc) is 3.02. The number of hydrogen-bond acceptors (Lipinski definition) is 4. The Hall–Kier alpha value is -1.93. The number of nitrogens with zero attached hydrogens (tertiary/aromatic N) is 2. The molecule has 1 amide bonds. The fraction of sp³-hybridized carbons (Fsp3) is 0.214. The number of rotatable bonds is 5. The molecule has 4 N–H and O–H groups in total. The molecule has 9 heteroatoms. The zero-order valence-corrected chi connectivity index (χ0v) is 13.7. The summed E-state index contributed by atoms with van der Waals surface area (Å²) in [7, 11) is 0. The third-order valence-corrected chi connectivity index (χ3v) is 3.21. The lowest BCUT2D eigenvalue weighted by atomic mass is 10.2. The van der Waals surface area contributed by atoms with Gasteiger partial charge >= 0.3 is 0 Å². The highest BCUT2D eigenvalue weighted by molar-refractivity contribution is 5.94. The van der Waals surface area contributed by atoms with Gasteiger partial charge in [-0.05, 0) is 24.3 Å². The van der Waals surface area contributed by atoms with Crippen LogP contribution in [0.15, 0.2) is 46.8 Å². The van der Waals surface area contributed by atoms with Crippen molar-refractivity contribution in [3.05, 3.63) is 42.2 Å². The number of hydrogen-bond donors (Lipinski definition) is 3. The van der Waals surface area contributed by atoms with E-state index in [-0.39, 0.29) is 30.7 Å². The summed E-state index contributed by atoms with van der Waals surface area (Å²) in [6.45, 7) is 1.83. The van der Waals surface area contributed by atoms with Crippen LogP contribution in [0.1, 0.15) is 5.56 Å². The fourth-order valence-corrected chi connectivity index (χ4v) is 2.06. The van der Waals surface area contributed by atoms with E-state index >= 15 is 0 Å². The average molecular weight is 358 g/mol. The van der Waals surface area contributed by atoms with Crippen LogP contribution in [0.5, 0.6) is 5.75 Å². The Balaban J connectivity index is 0.00000132. The Bertz CT molecular complexity index is 604. The molecule has 7 nitrogen and oxygen atoms in total. The molecule has 0 saturated heterocycles. The maximum atomic E-state index is 11.0. The molecule has 1 aromatic carbocycles. The van der Waals surface area contributed by atoms with Crippen LogP contribution >= 0.6 is 0 Å². The summed E-state index contributed by atoms with van der Waals surface area (Å²) < 4.78 is 5.69. The number of aliphatic imine (C=N–C) groups is 1. The summed E-state index contributed by atoms with van der Waals surface area (Å²) in [5, 5.41) is 5.84. The Kier molecular flexibility index (Phi) is 7.70. The second-order valence-corrected chi connectivity index (χ2v) is 4.73. The third-order valence-electron chi connectivity index (χ3n) is 3.21. The molecule has 23 heavy (non-hydrogen) atoms. The van der Waals surface area contributed by atoms with E-state index in [4.69, 9.17) is 4.74 Å². The quantitative estimate of drug-likeness (QED) is 0.489. The van der Waals surface area contributed by atoms with Crippen LogP contribution in [-0.2, 0) is 4.79 Å². The number of nitrogens with one attached hydrogen (secondary N) is 2. The van der Waals surface area contributed by atoms with E-state index in [1.54, 1.807) is 6.20 Å². The molecule has 1 atom stereocenters. The van der Waals surface area contributed by atoms with Crippen LogP contribution in [0.3, 0.4) is 0 Å². The normalized spacial score (nSPS) is 18.5.